The number of aromatic nitrogens is 2. The first-order valence-corrected chi connectivity index (χ1v) is 13.6. The molecule has 0 saturated carbocycles. The summed E-state index contributed by atoms with van der Waals surface area (Å²) >= 11 is 0. The average Bonchev–Trinajstić information content (AvgIpc) is 3.57. The molecule has 1 amide bonds. The van der Waals surface area contributed by atoms with Crippen molar-refractivity contribution in [1.82, 2.24) is 14.7 Å². The van der Waals surface area contributed by atoms with Gasteiger partial charge in [0.15, 0.2) is 5.78 Å². The highest BCUT2D eigenvalue weighted by molar-refractivity contribution is 6.02. The first kappa shape index (κ1) is 27.2. The van der Waals surface area contributed by atoms with E-state index in [0.717, 1.165) is 49.8 Å². The fourth-order valence-electron chi connectivity index (χ4n) is 4.91. The zero-order valence-corrected chi connectivity index (χ0v) is 22.4. The number of amides is 1. The van der Waals surface area contributed by atoms with E-state index < -0.39 is 0 Å². The number of ether oxygens (including phenoxy) is 1. The molecule has 1 atom stereocenters. The van der Waals surface area contributed by atoms with Crippen molar-refractivity contribution in [3.05, 3.63) is 72.4 Å². The molecule has 0 aliphatic carbocycles. The Balaban J connectivity index is 1.71. The first-order valence-electron chi connectivity index (χ1n) is 13.6. The minimum absolute atomic E-state index is 0.0225. The molecular formula is C31H37N3O4. The van der Waals surface area contributed by atoms with Crippen LogP contribution in [0.2, 0.25) is 0 Å². The molecule has 4 rings (SSSR count). The quantitative estimate of drug-likeness (QED) is 0.214. The van der Waals surface area contributed by atoms with Gasteiger partial charge in [-0.25, -0.2) is 0 Å². The van der Waals surface area contributed by atoms with Crippen molar-refractivity contribution in [2.75, 3.05) is 13.1 Å². The predicted octanol–water partition coefficient (Wildman–Crippen LogP) is 6.72. The summed E-state index contributed by atoms with van der Waals surface area (Å²) < 4.78 is 7.94. The SMILES string of the molecule is C=CC(=O)N1CCC(n2nc(-c3ccc(Oc4ccc(O)cc4)cc3)c(C(=O)CCCC)c2CCCC)C1. The van der Waals surface area contributed by atoms with E-state index in [1.165, 1.54) is 6.08 Å². The Labute approximate surface area is 224 Å². The van der Waals surface area contributed by atoms with Crippen LogP contribution in [0.25, 0.3) is 11.3 Å². The van der Waals surface area contributed by atoms with Crippen LogP contribution < -0.4 is 4.74 Å². The van der Waals surface area contributed by atoms with Crippen molar-refractivity contribution in [3.8, 4) is 28.5 Å². The van der Waals surface area contributed by atoms with E-state index in [1.807, 2.05) is 28.9 Å². The average molecular weight is 516 g/mol. The van der Waals surface area contributed by atoms with Gasteiger partial charge in [0.2, 0.25) is 5.91 Å². The van der Waals surface area contributed by atoms with Crippen LogP contribution in [0.4, 0.5) is 0 Å². The Morgan fingerprint density at radius 1 is 1.05 bits per heavy atom. The van der Waals surface area contributed by atoms with E-state index in [2.05, 4.69) is 20.4 Å². The normalized spacial score (nSPS) is 15.0. The zero-order chi connectivity index (χ0) is 27.1. The van der Waals surface area contributed by atoms with Crippen LogP contribution in [0.1, 0.15) is 74.5 Å². The highest BCUT2D eigenvalue weighted by atomic mass is 16.5. The molecule has 0 radical (unpaired) electrons. The third kappa shape index (κ3) is 6.15. The van der Waals surface area contributed by atoms with Gasteiger partial charge in [-0.05, 0) is 80.3 Å². The third-order valence-corrected chi connectivity index (χ3v) is 7.01. The number of rotatable bonds is 12. The highest BCUT2D eigenvalue weighted by Gasteiger charge is 2.32. The van der Waals surface area contributed by atoms with Crippen LogP contribution >= 0.6 is 0 Å². The van der Waals surface area contributed by atoms with Crippen molar-refractivity contribution >= 4 is 11.7 Å². The first-order chi connectivity index (χ1) is 18.4. The molecule has 2 aromatic carbocycles. The summed E-state index contributed by atoms with van der Waals surface area (Å²) in [7, 11) is 0. The Hall–Kier alpha value is -3.87. The van der Waals surface area contributed by atoms with Crippen LogP contribution in [0.15, 0.2) is 61.2 Å². The highest BCUT2D eigenvalue weighted by Crippen LogP contribution is 2.34. The molecule has 2 heterocycles. The summed E-state index contributed by atoms with van der Waals surface area (Å²) in [6, 6.07) is 14.2. The van der Waals surface area contributed by atoms with Crippen molar-refractivity contribution in [2.45, 2.75) is 64.8 Å². The zero-order valence-electron chi connectivity index (χ0n) is 22.4. The number of nitrogens with zero attached hydrogens (tertiary/aromatic N) is 3. The van der Waals surface area contributed by atoms with Gasteiger partial charge in [0.05, 0.1) is 17.3 Å². The van der Waals surface area contributed by atoms with E-state index in [9.17, 15) is 14.7 Å². The van der Waals surface area contributed by atoms with Crippen LogP contribution in [-0.2, 0) is 11.2 Å². The summed E-state index contributed by atoms with van der Waals surface area (Å²) in [5, 5.41) is 14.6. The largest absolute Gasteiger partial charge is 0.508 e. The topological polar surface area (TPSA) is 84.7 Å². The summed E-state index contributed by atoms with van der Waals surface area (Å²) in [6.07, 6.45) is 7.16. The number of carbonyl (C=O) groups is 2. The van der Waals surface area contributed by atoms with Gasteiger partial charge < -0.3 is 14.7 Å². The lowest BCUT2D eigenvalue weighted by atomic mass is 9.97. The molecule has 7 heteroatoms. The van der Waals surface area contributed by atoms with E-state index in [1.54, 1.807) is 29.2 Å². The summed E-state index contributed by atoms with van der Waals surface area (Å²) in [5.74, 6) is 1.51. The number of hydrogen-bond donors (Lipinski definition) is 1. The third-order valence-electron chi connectivity index (χ3n) is 7.01. The van der Waals surface area contributed by atoms with Gasteiger partial charge in [0.25, 0.3) is 0 Å². The van der Waals surface area contributed by atoms with E-state index in [4.69, 9.17) is 9.84 Å². The Kier molecular flexibility index (Phi) is 9.00. The maximum absolute atomic E-state index is 13.6. The number of unbranched alkanes of at least 4 members (excludes halogenated alkanes) is 2. The number of Topliss-reactive ketones (excluding diaryl/α,β-unsaturated/α-hetero) is 1. The molecule has 1 fully saturated rings. The fraction of sp³-hybridized carbons (Fsp3) is 0.387. The molecule has 1 saturated heterocycles. The van der Waals surface area contributed by atoms with Crippen molar-refractivity contribution < 1.29 is 19.4 Å². The molecule has 1 aliphatic heterocycles. The number of carbonyl (C=O) groups excluding carboxylic acids is 2. The molecule has 38 heavy (non-hydrogen) atoms. The van der Waals surface area contributed by atoms with Gasteiger partial charge in [-0.2, -0.15) is 5.10 Å². The maximum atomic E-state index is 13.6. The van der Waals surface area contributed by atoms with Crippen molar-refractivity contribution in [1.29, 1.82) is 0 Å². The summed E-state index contributed by atoms with van der Waals surface area (Å²) in [4.78, 5) is 27.6. The molecule has 1 aromatic heterocycles. The molecule has 200 valence electrons. The van der Waals surface area contributed by atoms with Gasteiger partial charge >= 0.3 is 0 Å². The van der Waals surface area contributed by atoms with Gasteiger partial charge in [0.1, 0.15) is 22.9 Å². The molecule has 0 spiro atoms. The van der Waals surface area contributed by atoms with E-state index >= 15 is 0 Å². The second-order valence-electron chi connectivity index (χ2n) is 9.80. The lowest BCUT2D eigenvalue weighted by Gasteiger charge is -2.17. The number of phenols is 1. The number of hydrogen-bond acceptors (Lipinski definition) is 5. The van der Waals surface area contributed by atoms with Gasteiger partial charge in [-0.1, -0.05) is 33.3 Å². The summed E-state index contributed by atoms with van der Waals surface area (Å²) in [5.41, 5.74) is 3.25. The van der Waals surface area contributed by atoms with Crippen LogP contribution in [0.3, 0.4) is 0 Å². The Morgan fingerprint density at radius 2 is 1.71 bits per heavy atom. The maximum Gasteiger partial charge on any atom is 0.246 e. The number of phenolic OH excluding ortho intramolecular Hbond substituents is 1. The molecule has 7 nitrogen and oxygen atoms in total. The number of benzene rings is 2. The number of aromatic hydroxyl groups is 1. The molecular weight excluding hydrogens is 478 g/mol. The van der Waals surface area contributed by atoms with Crippen LogP contribution in [0, 0.1) is 0 Å². The van der Waals surface area contributed by atoms with Gasteiger partial charge in [-0.15, -0.1) is 0 Å². The van der Waals surface area contributed by atoms with Crippen LogP contribution in [-0.4, -0.2) is 44.6 Å². The standard InChI is InChI=1S/C31H37N3O4/c1-4-7-9-27-30(28(36)10-8-5-2)31(32-34(27)23-19-20-33(21-23)29(37)6-3)22-11-15-25(16-12-22)38-26-17-13-24(35)14-18-26/h6,11-18,23,35H,3-5,7-10,19-21H2,1-2H3. The fourth-order valence-corrected chi connectivity index (χ4v) is 4.91. The molecule has 0 bridgehead atoms. The Morgan fingerprint density at radius 3 is 2.34 bits per heavy atom. The second kappa shape index (κ2) is 12.6. The lowest BCUT2D eigenvalue weighted by molar-refractivity contribution is -0.125. The molecule has 1 aliphatic rings. The van der Waals surface area contributed by atoms with Crippen LogP contribution in [0.5, 0.6) is 17.2 Å². The van der Waals surface area contributed by atoms with Crippen molar-refractivity contribution in [2.24, 2.45) is 0 Å². The van der Waals surface area contributed by atoms with Gasteiger partial charge in [-0.3, -0.25) is 14.3 Å². The monoisotopic (exact) mass is 515 g/mol. The minimum atomic E-state index is -0.0709. The van der Waals surface area contributed by atoms with Crippen molar-refractivity contribution in [3.63, 3.8) is 0 Å². The second-order valence-corrected chi connectivity index (χ2v) is 9.80. The molecule has 1 N–H and O–H groups in total. The number of ketones is 1. The van der Waals surface area contributed by atoms with Gasteiger partial charge in [0, 0.05) is 25.1 Å². The predicted molar refractivity (Wildman–Crippen MR) is 149 cm³/mol. The molecule has 1 unspecified atom stereocenters. The lowest BCUT2D eigenvalue weighted by Crippen LogP contribution is -2.27. The minimum Gasteiger partial charge on any atom is -0.508 e. The smallest absolute Gasteiger partial charge is 0.246 e. The molecule has 3 aromatic rings. The van der Waals surface area contributed by atoms with E-state index in [0.29, 0.717) is 42.3 Å². The number of likely N-dealkylation sites (tertiary alicyclic amines) is 1. The van der Waals surface area contributed by atoms with E-state index in [-0.39, 0.29) is 23.5 Å². The summed E-state index contributed by atoms with van der Waals surface area (Å²) in [6.45, 7) is 9.08. The Bertz CT molecular complexity index is 1260.